The molecule has 0 unspecified atom stereocenters. The molecule has 0 aliphatic rings. The maximum absolute atomic E-state index is 12.2. The number of hydrogen-bond donors (Lipinski definition) is 2. The second-order valence-corrected chi connectivity index (χ2v) is 5.98. The molecule has 7 heteroatoms. The first-order chi connectivity index (χ1) is 12.4. The van der Waals surface area contributed by atoms with E-state index < -0.39 is 12.1 Å². The smallest absolute Gasteiger partial charge is 0.408 e. The van der Waals surface area contributed by atoms with E-state index in [0.29, 0.717) is 25.8 Å². The van der Waals surface area contributed by atoms with Crippen LogP contribution in [-0.4, -0.2) is 49.5 Å². The molecule has 142 valence electrons. The lowest BCUT2D eigenvalue weighted by Crippen LogP contribution is -2.46. The molecule has 0 saturated heterocycles. The van der Waals surface area contributed by atoms with Gasteiger partial charge >= 0.3 is 6.09 Å². The molecule has 0 fully saturated rings. The average Bonchev–Trinajstić information content (AvgIpc) is 2.65. The summed E-state index contributed by atoms with van der Waals surface area (Å²) in [5.74, 6) is -0.426. The van der Waals surface area contributed by atoms with Crippen LogP contribution >= 0.6 is 0 Å². The highest BCUT2D eigenvalue weighted by Gasteiger charge is 2.22. The minimum atomic E-state index is -0.664. The molecule has 1 aromatic carbocycles. The molecule has 1 atom stereocenters. The van der Waals surface area contributed by atoms with Crippen molar-refractivity contribution in [3.63, 3.8) is 0 Å². The lowest BCUT2D eigenvalue weighted by atomic mass is 10.1. The highest BCUT2D eigenvalue weighted by Crippen LogP contribution is 2.05. The van der Waals surface area contributed by atoms with Crippen LogP contribution in [-0.2, 0) is 20.9 Å². The Labute approximate surface area is 154 Å². The van der Waals surface area contributed by atoms with Crippen molar-refractivity contribution in [3.05, 3.63) is 48.6 Å². The molecule has 0 aliphatic carbocycles. The van der Waals surface area contributed by atoms with Crippen LogP contribution in [0.15, 0.2) is 43.0 Å². The van der Waals surface area contributed by atoms with E-state index in [0.717, 1.165) is 5.56 Å². The summed E-state index contributed by atoms with van der Waals surface area (Å²) >= 11 is 0. The predicted molar refractivity (Wildman–Crippen MR) is 99.3 cm³/mol. The Morgan fingerprint density at radius 1 is 1.19 bits per heavy atom. The minimum Gasteiger partial charge on any atom is -0.445 e. The summed E-state index contributed by atoms with van der Waals surface area (Å²) in [7, 11) is 3.27. The van der Waals surface area contributed by atoms with E-state index in [2.05, 4.69) is 17.2 Å². The average molecular weight is 361 g/mol. The summed E-state index contributed by atoms with van der Waals surface area (Å²) in [4.78, 5) is 36.8. The van der Waals surface area contributed by atoms with E-state index in [1.54, 1.807) is 14.1 Å². The van der Waals surface area contributed by atoms with Gasteiger partial charge in [-0.05, 0) is 30.9 Å². The molecule has 0 aromatic heterocycles. The largest absolute Gasteiger partial charge is 0.445 e. The number of nitrogens with zero attached hydrogens (tertiary/aromatic N) is 1. The number of ether oxygens (including phenoxy) is 1. The Morgan fingerprint density at radius 3 is 2.50 bits per heavy atom. The Balaban J connectivity index is 2.44. The van der Waals surface area contributed by atoms with Crippen LogP contribution in [0.4, 0.5) is 4.79 Å². The highest BCUT2D eigenvalue weighted by atomic mass is 16.5. The molecule has 0 spiro atoms. The van der Waals surface area contributed by atoms with Crippen LogP contribution in [0.1, 0.15) is 24.8 Å². The second-order valence-electron chi connectivity index (χ2n) is 5.98. The number of hydrogen-bond acceptors (Lipinski definition) is 4. The topological polar surface area (TPSA) is 87.7 Å². The van der Waals surface area contributed by atoms with Crippen molar-refractivity contribution >= 4 is 17.9 Å². The van der Waals surface area contributed by atoms with Gasteiger partial charge in [-0.25, -0.2) is 4.79 Å². The maximum Gasteiger partial charge on any atom is 0.408 e. The summed E-state index contributed by atoms with van der Waals surface area (Å²) in [5, 5.41) is 5.30. The Bertz CT molecular complexity index is 602. The molecule has 2 N–H and O–H groups in total. The molecular formula is C19H27N3O4. The van der Waals surface area contributed by atoms with Gasteiger partial charge in [-0.15, -0.1) is 0 Å². The Kier molecular flexibility index (Phi) is 9.53. The third-order valence-electron chi connectivity index (χ3n) is 3.65. The molecule has 3 amide bonds. The van der Waals surface area contributed by atoms with Crippen LogP contribution < -0.4 is 10.6 Å². The number of nitrogens with one attached hydrogen (secondary N) is 2. The van der Waals surface area contributed by atoms with Crippen molar-refractivity contribution in [2.45, 2.75) is 31.9 Å². The monoisotopic (exact) mass is 361 g/mol. The number of carbonyl (C=O) groups is 3. The number of likely N-dealkylation sites (N-methyl/N-ethyl adjacent to an activating group) is 1. The van der Waals surface area contributed by atoms with Crippen LogP contribution in [0.2, 0.25) is 0 Å². The predicted octanol–water partition coefficient (Wildman–Crippen LogP) is 1.84. The summed E-state index contributed by atoms with van der Waals surface area (Å²) in [6.07, 6.45) is 2.40. The fourth-order valence-electron chi connectivity index (χ4n) is 2.23. The quantitative estimate of drug-likeness (QED) is 0.492. The van der Waals surface area contributed by atoms with Gasteiger partial charge in [0, 0.05) is 20.6 Å². The van der Waals surface area contributed by atoms with Gasteiger partial charge in [-0.3, -0.25) is 9.59 Å². The molecule has 1 aromatic rings. The van der Waals surface area contributed by atoms with E-state index in [1.165, 1.54) is 11.0 Å². The molecule has 0 saturated carbocycles. The zero-order valence-corrected chi connectivity index (χ0v) is 15.4. The summed E-state index contributed by atoms with van der Waals surface area (Å²) < 4.78 is 5.17. The van der Waals surface area contributed by atoms with Crippen LogP contribution in [0.5, 0.6) is 0 Å². The number of rotatable bonds is 10. The first-order valence-corrected chi connectivity index (χ1v) is 8.52. The van der Waals surface area contributed by atoms with Crippen molar-refractivity contribution in [2.75, 3.05) is 20.6 Å². The fourth-order valence-corrected chi connectivity index (χ4v) is 2.23. The van der Waals surface area contributed by atoms with Gasteiger partial charge in [0.2, 0.25) is 11.8 Å². The zero-order valence-electron chi connectivity index (χ0n) is 15.4. The van der Waals surface area contributed by atoms with Gasteiger partial charge in [0.25, 0.3) is 0 Å². The first kappa shape index (κ1) is 21.2. The van der Waals surface area contributed by atoms with Gasteiger partial charge in [-0.1, -0.05) is 36.9 Å². The Hall–Kier alpha value is -2.83. The maximum atomic E-state index is 12.2. The molecule has 7 nitrogen and oxygen atoms in total. The standard InChI is InChI=1S/C19H27N3O4/c1-4-17(23)20-13-9-8-12-16(18(24)22(2)3)21-19(25)26-14-15-10-6-5-7-11-15/h4-7,10-11,16H,1,8-9,12-14H2,2-3H3,(H,20,23)(H,21,25)/t16-/m0/s1. The van der Waals surface area contributed by atoms with Crippen LogP contribution in [0, 0.1) is 0 Å². The summed E-state index contributed by atoms with van der Waals surface area (Å²) in [6.45, 7) is 4.01. The molecule has 0 heterocycles. The normalized spacial score (nSPS) is 11.2. The molecule has 26 heavy (non-hydrogen) atoms. The Morgan fingerprint density at radius 2 is 1.88 bits per heavy atom. The lowest BCUT2D eigenvalue weighted by molar-refractivity contribution is -0.131. The number of alkyl carbamates (subject to hydrolysis) is 1. The third-order valence-corrected chi connectivity index (χ3v) is 3.65. The van der Waals surface area contributed by atoms with Gasteiger partial charge in [0.05, 0.1) is 0 Å². The second kappa shape index (κ2) is 11.7. The van der Waals surface area contributed by atoms with E-state index in [1.807, 2.05) is 30.3 Å². The highest BCUT2D eigenvalue weighted by molar-refractivity contribution is 5.86. The third kappa shape index (κ3) is 8.32. The van der Waals surface area contributed by atoms with Gasteiger partial charge in [-0.2, -0.15) is 0 Å². The molecule has 0 bridgehead atoms. The number of carbonyl (C=O) groups excluding carboxylic acids is 3. The summed E-state index contributed by atoms with van der Waals surface area (Å²) in [6, 6.07) is 8.65. The van der Waals surface area contributed by atoms with Gasteiger partial charge in [0.15, 0.2) is 0 Å². The van der Waals surface area contributed by atoms with E-state index in [-0.39, 0.29) is 18.4 Å². The van der Waals surface area contributed by atoms with Crippen LogP contribution in [0.3, 0.4) is 0 Å². The minimum absolute atomic E-state index is 0.142. The fraction of sp³-hybridized carbons (Fsp3) is 0.421. The number of amides is 3. The molecule has 0 aliphatic heterocycles. The number of unbranched alkanes of at least 4 members (excludes halogenated alkanes) is 1. The SMILES string of the molecule is C=CC(=O)NCCCC[C@H](NC(=O)OCc1ccccc1)C(=O)N(C)C. The van der Waals surface area contributed by atoms with Crippen molar-refractivity contribution < 1.29 is 19.1 Å². The molecule has 1 rings (SSSR count). The van der Waals surface area contributed by atoms with E-state index in [9.17, 15) is 14.4 Å². The summed E-state index contributed by atoms with van der Waals surface area (Å²) in [5.41, 5.74) is 0.871. The van der Waals surface area contributed by atoms with Crippen molar-refractivity contribution in [1.82, 2.24) is 15.5 Å². The van der Waals surface area contributed by atoms with E-state index in [4.69, 9.17) is 4.74 Å². The van der Waals surface area contributed by atoms with Gasteiger partial charge in [0.1, 0.15) is 12.6 Å². The first-order valence-electron chi connectivity index (χ1n) is 8.52. The van der Waals surface area contributed by atoms with Crippen LogP contribution in [0.25, 0.3) is 0 Å². The van der Waals surface area contributed by atoms with Crippen molar-refractivity contribution in [2.24, 2.45) is 0 Å². The zero-order chi connectivity index (χ0) is 19.4. The molecule has 0 radical (unpaired) electrons. The van der Waals surface area contributed by atoms with E-state index >= 15 is 0 Å². The van der Waals surface area contributed by atoms with Crippen molar-refractivity contribution in [3.8, 4) is 0 Å². The molecular weight excluding hydrogens is 334 g/mol. The lowest BCUT2D eigenvalue weighted by Gasteiger charge is -2.21. The number of benzene rings is 1. The van der Waals surface area contributed by atoms with Crippen molar-refractivity contribution in [1.29, 1.82) is 0 Å². The van der Waals surface area contributed by atoms with Gasteiger partial charge < -0.3 is 20.3 Å².